The Morgan fingerprint density at radius 2 is 1.48 bits per heavy atom. The number of anilines is 1. The molecule has 170 valence electrons. The van der Waals surface area contributed by atoms with Crippen LogP contribution in [-0.2, 0) is 0 Å². The number of para-hydroxylation sites is 1. The smallest absolute Gasteiger partial charge is 0.321 e. The molecule has 0 aliphatic carbocycles. The maximum atomic E-state index is 13.1. The fourth-order valence-corrected chi connectivity index (χ4v) is 5.38. The van der Waals surface area contributed by atoms with Crippen molar-refractivity contribution in [2.24, 2.45) is 0 Å². The van der Waals surface area contributed by atoms with Crippen molar-refractivity contribution in [3.05, 3.63) is 90.5 Å². The summed E-state index contributed by atoms with van der Waals surface area (Å²) in [5.74, 6) is 0.213. The van der Waals surface area contributed by atoms with E-state index in [4.69, 9.17) is 0 Å². The molecule has 5 rings (SSSR count). The van der Waals surface area contributed by atoms with Crippen LogP contribution in [0.5, 0.6) is 0 Å². The molecule has 0 unspecified atom stereocenters. The molecule has 0 saturated carbocycles. The maximum absolute atomic E-state index is 13.1. The number of aliphatic hydroxyl groups excluding tert-OH is 1. The Labute approximate surface area is 195 Å². The van der Waals surface area contributed by atoms with E-state index in [9.17, 15) is 9.90 Å². The summed E-state index contributed by atoms with van der Waals surface area (Å²) in [6.07, 6.45) is 2.00. The third kappa shape index (κ3) is 4.52. The van der Waals surface area contributed by atoms with E-state index in [-0.39, 0.29) is 30.6 Å². The monoisotopic (exact) mass is 441 g/mol. The molecule has 5 nitrogen and oxygen atoms in total. The van der Waals surface area contributed by atoms with Crippen molar-refractivity contribution in [3.63, 3.8) is 0 Å². The number of nitrogens with zero attached hydrogens (tertiary/aromatic N) is 2. The van der Waals surface area contributed by atoms with Crippen molar-refractivity contribution >= 4 is 11.7 Å². The van der Waals surface area contributed by atoms with Crippen LogP contribution in [0.1, 0.15) is 24.3 Å². The molecular weight excluding hydrogens is 410 g/mol. The first-order chi connectivity index (χ1) is 16.2. The third-order valence-electron chi connectivity index (χ3n) is 7.08. The molecule has 2 aliphatic heterocycles. The van der Waals surface area contributed by atoms with Gasteiger partial charge in [0.1, 0.15) is 0 Å². The molecule has 2 saturated heterocycles. The van der Waals surface area contributed by atoms with Gasteiger partial charge in [-0.15, -0.1) is 0 Å². The van der Waals surface area contributed by atoms with Crippen molar-refractivity contribution in [2.75, 3.05) is 31.6 Å². The highest BCUT2D eigenvalue weighted by Gasteiger charge is 2.49. The summed E-state index contributed by atoms with van der Waals surface area (Å²) >= 11 is 0. The first kappa shape index (κ1) is 21.7. The van der Waals surface area contributed by atoms with Crippen LogP contribution in [-0.4, -0.2) is 59.3 Å². The summed E-state index contributed by atoms with van der Waals surface area (Å²) < 4.78 is 0. The number of hydrogen-bond donors (Lipinski definition) is 2. The number of benzene rings is 3. The summed E-state index contributed by atoms with van der Waals surface area (Å²) in [7, 11) is 0. The number of hydrogen-bond acceptors (Lipinski definition) is 3. The quantitative estimate of drug-likeness (QED) is 0.611. The van der Waals surface area contributed by atoms with Crippen LogP contribution < -0.4 is 5.32 Å². The zero-order chi connectivity index (χ0) is 22.6. The van der Waals surface area contributed by atoms with Gasteiger partial charge < -0.3 is 15.3 Å². The third-order valence-corrected chi connectivity index (χ3v) is 7.08. The van der Waals surface area contributed by atoms with E-state index in [1.807, 2.05) is 41.3 Å². The lowest BCUT2D eigenvalue weighted by atomic mass is 9.74. The molecule has 33 heavy (non-hydrogen) atoms. The van der Waals surface area contributed by atoms with Gasteiger partial charge in [0.25, 0.3) is 0 Å². The van der Waals surface area contributed by atoms with Gasteiger partial charge in [0.05, 0.1) is 6.61 Å². The summed E-state index contributed by atoms with van der Waals surface area (Å²) in [5.41, 5.74) is 4.44. The number of carbonyl (C=O) groups excluding carboxylic acids is 1. The minimum atomic E-state index is -0.0475. The van der Waals surface area contributed by atoms with E-state index in [0.717, 1.165) is 31.6 Å². The number of aliphatic hydroxyl groups is 1. The number of amides is 2. The Morgan fingerprint density at radius 1 is 0.848 bits per heavy atom. The second kappa shape index (κ2) is 9.77. The topological polar surface area (TPSA) is 55.8 Å². The molecule has 3 atom stereocenters. The molecule has 2 fully saturated rings. The summed E-state index contributed by atoms with van der Waals surface area (Å²) in [5, 5.41) is 13.2. The van der Waals surface area contributed by atoms with Crippen molar-refractivity contribution in [2.45, 2.75) is 30.8 Å². The van der Waals surface area contributed by atoms with Gasteiger partial charge in [0.2, 0.25) is 0 Å². The Morgan fingerprint density at radius 3 is 2.18 bits per heavy atom. The molecule has 5 heteroatoms. The number of fused-ring (bicyclic) bond motifs is 1. The SMILES string of the molecule is O=C(Nc1ccccc1)N1CCCCN2[C@H](C1)[C@@H](c1ccc(-c3ccccc3)cc1)[C@@H]2CO. The summed E-state index contributed by atoms with van der Waals surface area (Å²) in [6.45, 7) is 2.53. The molecule has 2 N–H and O–H groups in total. The number of urea groups is 1. The molecule has 3 aromatic carbocycles. The highest BCUT2D eigenvalue weighted by Crippen LogP contribution is 2.42. The molecule has 0 spiro atoms. The molecule has 3 aromatic rings. The van der Waals surface area contributed by atoms with Crippen LogP contribution in [0.3, 0.4) is 0 Å². The molecule has 2 heterocycles. The second-order valence-corrected chi connectivity index (χ2v) is 9.02. The van der Waals surface area contributed by atoms with Gasteiger partial charge in [-0.1, -0.05) is 72.8 Å². The Balaban J connectivity index is 1.35. The molecule has 0 aromatic heterocycles. The highest BCUT2D eigenvalue weighted by atomic mass is 16.3. The number of rotatable bonds is 4. The fourth-order valence-electron chi connectivity index (χ4n) is 5.38. The van der Waals surface area contributed by atoms with Gasteiger partial charge in [0.15, 0.2) is 0 Å². The van der Waals surface area contributed by atoms with Gasteiger partial charge in [-0.25, -0.2) is 4.79 Å². The van der Waals surface area contributed by atoms with E-state index in [1.165, 1.54) is 16.7 Å². The molecule has 2 amide bonds. The Hall–Kier alpha value is -3.15. The lowest BCUT2D eigenvalue weighted by molar-refractivity contribution is -0.0585. The van der Waals surface area contributed by atoms with Crippen molar-refractivity contribution in [1.29, 1.82) is 0 Å². The lowest BCUT2D eigenvalue weighted by Crippen LogP contribution is -2.68. The fraction of sp³-hybridized carbons (Fsp3) is 0.321. The van der Waals surface area contributed by atoms with Gasteiger partial charge in [-0.05, 0) is 48.2 Å². The summed E-state index contributed by atoms with van der Waals surface area (Å²) in [6, 6.07) is 29.0. The van der Waals surface area contributed by atoms with Crippen LogP contribution in [0.4, 0.5) is 10.5 Å². The number of nitrogens with one attached hydrogen (secondary N) is 1. The van der Waals surface area contributed by atoms with E-state index < -0.39 is 0 Å². The van der Waals surface area contributed by atoms with Crippen LogP contribution in [0.25, 0.3) is 11.1 Å². The molecule has 2 aliphatic rings. The van der Waals surface area contributed by atoms with E-state index in [0.29, 0.717) is 6.54 Å². The maximum Gasteiger partial charge on any atom is 0.321 e. The van der Waals surface area contributed by atoms with Crippen molar-refractivity contribution in [1.82, 2.24) is 9.80 Å². The van der Waals surface area contributed by atoms with Crippen LogP contribution in [0, 0.1) is 0 Å². The van der Waals surface area contributed by atoms with Gasteiger partial charge in [-0.2, -0.15) is 0 Å². The highest BCUT2D eigenvalue weighted by molar-refractivity contribution is 5.89. The first-order valence-corrected chi connectivity index (χ1v) is 11.9. The zero-order valence-corrected chi connectivity index (χ0v) is 18.8. The number of carbonyl (C=O) groups is 1. The molecule has 0 radical (unpaired) electrons. The Bertz CT molecular complexity index is 1060. The van der Waals surface area contributed by atoms with E-state index in [1.54, 1.807) is 0 Å². The van der Waals surface area contributed by atoms with Crippen LogP contribution in [0.15, 0.2) is 84.9 Å². The van der Waals surface area contributed by atoms with Crippen molar-refractivity contribution in [3.8, 4) is 11.1 Å². The molecular formula is C28H31N3O2. The van der Waals surface area contributed by atoms with Crippen LogP contribution in [0.2, 0.25) is 0 Å². The van der Waals surface area contributed by atoms with E-state index >= 15 is 0 Å². The summed E-state index contributed by atoms with van der Waals surface area (Å²) in [4.78, 5) is 17.4. The predicted molar refractivity (Wildman–Crippen MR) is 132 cm³/mol. The normalized spacial score (nSPS) is 23.1. The van der Waals surface area contributed by atoms with Gasteiger partial charge >= 0.3 is 6.03 Å². The second-order valence-electron chi connectivity index (χ2n) is 9.02. The van der Waals surface area contributed by atoms with Gasteiger partial charge in [-0.3, -0.25) is 4.90 Å². The predicted octanol–water partition coefficient (Wildman–Crippen LogP) is 4.81. The Kier molecular flexibility index (Phi) is 6.42. The standard InChI is InChI=1S/C28H31N3O2/c32-20-26-27(23-15-13-22(14-16-23)21-9-3-1-4-10-21)25-19-30(17-7-8-18-31(25)26)28(33)29-24-11-5-2-6-12-24/h1-6,9-16,25-27,32H,7-8,17-20H2,(H,29,33)/t25-,26+,27-/m1/s1. The molecule has 0 bridgehead atoms. The average Bonchev–Trinajstić information content (AvgIpc) is 2.84. The van der Waals surface area contributed by atoms with Crippen LogP contribution >= 0.6 is 0 Å². The first-order valence-electron chi connectivity index (χ1n) is 11.9. The largest absolute Gasteiger partial charge is 0.395 e. The minimum Gasteiger partial charge on any atom is -0.395 e. The minimum absolute atomic E-state index is 0.0475. The lowest BCUT2D eigenvalue weighted by Gasteiger charge is -2.57. The average molecular weight is 442 g/mol. The van der Waals surface area contributed by atoms with Gasteiger partial charge in [0, 0.05) is 36.8 Å². The zero-order valence-electron chi connectivity index (χ0n) is 18.8. The van der Waals surface area contributed by atoms with E-state index in [2.05, 4.69) is 58.7 Å². The van der Waals surface area contributed by atoms with Crippen molar-refractivity contribution < 1.29 is 9.90 Å².